The molecule has 4 nitrogen and oxygen atoms in total. The summed E-state index contributed by atoms with van der Waals surface area (Å²) < 4.78 is 28.3. The van der Waals surface area contributed by atoms with Gasteiger partial charge in [0.25, 0.3) is 0 Å². The highest BCUT2D eigenvalue weighted by Crippen LogP contribution is 2.27. The van der Waals surface area contributed by atoms with E-state index in [2.05, 4.69) is 22.7 Å². The molecule has 26 heavy (non-hydrogen) atoms. The van der Waals surface area contributed by atoms with Crippen LogP contribution in [0.5, 0.6) is 0 Å². The Balaban J connectivity index is 1.64. The van der Waals surface area contributed by atoms with Crippen LogP contribution in [0.2, 0.25) is 0 Å². The van der Waals surface area contributed by atoms with E-state index in [1.54, 1.807) is 0 Å². The Morgan fingerprint density at radius 1 is 0.962 bits per heavy atom. The number of nitrogens with zero attached hydrogens (tertiary/aromatic N) is 1. The van der Waals surface area contributed by atoms with Crippen molar-refractivity contribution in [1.29, 1.82) is 0 Å². The van der Waals surface area contributed by atoms with Crippen molar-refractivity contribution in [3.05, 3.63) is 29.8 Å². The predicted molar refractivity (Wildman–Crippen MR) is 109 cm³/mol. The average Bonchev–Trinajstić information content (AvgIpc) is 2.64. The Kier molecular flexibility index (Phi) is 6.98. The summed E-state index contributed by atoms with van der Waals surface area (Å²) in [4.78, 5) is 2.40. The van der Waals surface area contributed by atoms with Gasteiger partial charge >= 0.3 is 0 Å². The number of benzene rings is 1. The van der Waals surface area contributed by atoms with Gasteiger partial charge in [0.15, 0.2) is 0 Å². The van der Waals surface area contributed by atoms with E-state index >= 15 is 0 Å². The van der Waals surface area contributed by atoms with Crippen LogP contribution in [0.15, 0.2) is 24.3 Å². The second kappa shape index (κ2) is 9.23. The highest BCUT2D eigenvalue weighted by Gasteiger charge is 2.23. The molecule has 2 saturated carbocycles. The summed E-state index contributed by atoms with van der Waals surface area (Å²) in [7, 11) is -1.12. The second-order valence-corrected chi connectivity index (χ2v) is 10.0. The lowest BCUT2D eigenvalue weighted by molar-refractivity contribution is 0.185. The fourth-order valence-electron chi connectivity index (χ4n) is 4.55. The number of rotatable bonds is 7. The summed E-state index contributed by atoms with van der Waals surface area (Å²) in [6.45, 7) is 0.798. The number of hydrogen-bond donors (Lipinski definition) is 1. The largest absolute Gasteiger partial charge is 0.299 e. The molecule has 146 valence electrons. The lowest BCUT2D eigenvalue weighted by atomic mass is 9.91. The van der Waals surface area contributed by atoms with Gasteiger partial charge in [0.05, 0.1) is 11.4 Å². The first kappa shape index (κ1) is 19.7. The quantitative estimate of drug-likeness (QED) is 0.743. The average molecular weight is 379 g/mol. The molecule has 1 aromatic carbocycles. The highest BCUT2D eigenvalue weighted by molar-refractivity contribution is 7.92. The zero-order valence-corrected chi connectivity index (χ0v) is 16.9. The van der Waals surface area contributed by atoms with Crippen LogP contribution in [-0.2, 0) is 16.6 Å². The number of anilines is 1. The lowest BCUT2D eigenvalue weighted by Crippen LogP contribution is -2.33. The molecule has 1 aromatic rings. The molecule has 0 atom stereocenters. The maximum absolute atomic E-state index is 12.7. The number of sulfonamides is 1. The van der Waals surface area contributed by atoms with E-state index in [1.165, 1.54) is 51.4 Å². The summed E-state index contributed by atoms with van der Waals surface area (Å²) in [6.07, 6.45) is 12.2. The molecule has 0 amide bonds. The van der Waals surface area contributed by atoms with Gasteiger partial charge in [-0.05, 0) is 50.3 Å². The van der Waals surface area contributed by atoms with Crippen LogP contribution < -0.4 is 4.72 Å². The first-order valence-corrected chi connectivity index (χ1v) is 12.0. The van der Waals surface area contributed by atoms with Crippen molar-refractivity contribution in [1.82, 2.24) is 4.90 Å². The minimum absolute atomic E-state index is 0.264. The van der Waals surface area contributed by atoms with Crippen LogP contribution in [-0.4, -0.2) is 32.2 Å². The predicted octanol–water partition coefficient (Wildman–Crippen LogP) is 4.77. The summed E-state index contributed by atoms with van der Waals surface area (Å²) in [5, 5.41) is 0. The van der Waals surface area contributed by atoms with Crippen molar-refractivity contribution < 1.29 is 8.42 Å². The molecular formula is C21H34N2O2S. The zero-order valence-electron chi connectivity index (χ0n) is 16.1. The highest BCUT2D eigenvalue weighted by atomic mass is 32.2. The van der Waals surface area contributed by atoms with Crippen LogP contribution in [0, 0.1) is 5.92 Å². The monoisotopic (exact) mass is 378 g/mol. The van der Waals surface area contributed by atoms with Crippen molar-refractivity contribution in [2.45, 2.75) is 76.8 Å². The molecule has 0 spiro atoms. The Bertz CT molecular complexity index is 662. The zero-order chi connectivity index (χ0) is 18.4. The first-order chi connectivity index (χ1) is 12.5. The molecule has 3 rings (SSSR count). The van der Waals surface area contributed by atoms with Gasteiger partial charge in [-0.2, -0.15) is 0 Å². The molecule has 0 saturated heterocycles. The van der Waals surface area contributed by atoms with Gasteiger partial charge in [0.2, 0.25) is 10.0 Å². The van der Waals surface area contributed by atoms with Crippen LogP contribution in [0.4, 0.5) is 5.69 Å². The van der Waals surface area contributed by atoms with E-state index in [9.17, 15) is 8.42 Å². The molecule has 2 aliphatic carbocycles. The smallest absolute Gasteiger partial charge is 0.233 e. The number of hydrogen-bond acceptors (Lipinski definition) is 3. The van der Waals surface area contributed by atoms with Gasteiger partial charge in [-0.3, -0.25) is 9.62 Å². The third kappa shape index (κ3) is 5.71. The van der Waals surface area contributed by atoms with Gasteiger partial charge in [-0.15, -0.1) is 0 Å². The summed E-state index contributed by atoms with van der Waals surface area (Å²) in [5.41, 5.74) is 1.83. The minimum Gasteiger partial charge on any atom is -0.299 e. The number of para-hydroxylation sites is 1. The van der Waals surface area contributed by atoms with Crippen molar-refractivity contribution in [3.8, 4) is 0 Å². The Morgan fingerprint density at radius 2 is 1.58 bits per heavy atom. The maximum Gasteiger partial charge on any atom is 0.233 e. The van der Waals surface area contributed by atoms with Gasteiger partial charge in [-0.1, -0.05) is 56.7 Å². The summed E-state index contributed by atoms with van der Waals surface area (Å²) >= 11 is 0. The van der Waals surface area contributed by atoms with E-state index in [4.69, 9.17) is 0 Å². The molecule has 1 N–H and O–H groups in total. The van der Waals surface area contributed by atoms with Crippen LogP contribution in [0.3, 0.4) is 0 Å². The molecule has 0 unspecified atom stereocenters. The van der Waals surface area contributed by atoms with E-state index in [0.29, 0.717) is 12.0 Å². The normalized spacial score (nSPS) is 20.4. The molecule has 0 heterocycles. The third-order valence-corrected chi connectivity index (χ3v) is 7.52. The molecule has 0 aliphatic heterocycles. The third-order valence-electron chi connectivity index (χ3n) is 6.08. The van der Waals surface area contributed by atoms with Crippen molar-refractivity contribution >= 4 is 15.7 Å². The van der Waals surface area contributed by atoms with Crippen molar-refractivity contribution in [2.75, 3.05) is 17.5 Å². The number of nitrogens with one attached hydrogen (secondary N) is 1. The SMILES string of the molecule is CN(Cc1ccccc1NS(=O)(=O)CC1CCCCC1)C1CCCCC1. The Morgan fingerprint density at radius 3 is 2.27 bits per heavy atom. The van der Waals surface area contributed by atoms with E-state index < -0.39 is 10.0 Å². The summed E-state index contributed by atoms with van der Waals surface area (Å²) in [5.74, 6) is 0.582. The molecule has 0 bridgehead atoms. The maximum atomic E-state index is 12.7. The molecular weight excluding hydrogens is 344 g/mol. The molecule has 0 aromatic heterocycles. The molecule has 2 fully saturated rings. The Labute approximate surface area is 159 Å². The first-order valence-electron chi connectivity index (χ1n) is 10.3. The molecule has 0 radical (unpaired) electrons. The molecule has 2 aliphatic rings. The summed E-state index contributed by atoms with van der Waals surface area (Å²) in [6, 6.07) is 8.50. The van der Waals surface area contributed by atoms with Crippen LogP contribution >= 0.6 is 0 Å². The van der Waals surface area contributed by atoms with Gasteiger partial charge in [0, 0.05) is 12.6 Å². The topological polar surface area (TPSA) is 49.4 Å². The van der Waals surface area contributed by atoms with Gasteiger partial charge in [-0.25, -0.2) is 8.42 Å². The fraction of sp³-hybridized carbons (Fsp3) is 0.714. The fourth-order valence-corrected chi connectivity index (χ4v) is 6.12. The van der Waals surface area contributed by atoms with E-state index in [1.807, 2.05) is 18.2 Å². The second-order valence-electron chi connectivity index (χ2n) is 8.25. The minimum atomic E-state index is -3.29. The van der Waals surface area contributed by atoms with Gasteiger partial charge < -0.3 is 0 Å². The van der Waals surface area contributed by atoms with Crippen molar-refractivity contribution in [2.24, 2.45) is 5.92 Å². The standard InChI is InChI=1S/C21H34N2O2S/c1-23(20-13-6-3-7-14-20)16-19-12-8-9-15-21(19)22-26(24,25)17-18-10-4-2-5-11-18/h8-9,12,15,18,20,22H,2-7,10-11,13-14,16-17H2,1H3. The van der Waals surface area contributed by atoms with Crippen LogP contribution in [0.25, 0.3) is 0 Å². The van der Waals surface area contributed by atoms with E-state index in [0.717, 1.165) is 30.6 Å². The molecule has 5 heteroatoms. The van der Waals surface area contributed by atoms with Crippen molar-refractivity contribution in [3.63, 3.8) is 0 Å². The van der Waals surface area contributed by atoms with Gasteiger partial charge in [0.1, 0.15) is 0 Å². The lowest BCUT2D eigenvalue weighted by Gasteiger charge is -2.31. The van der Waals surface area contributed by atoms with E-state index in [-0.39, 0.29) is 5.75 Å². The Hall–Kier alpha value is -1.07. The van der Waals surface area contributed by atoms with Crippen LogP contribution in [0.1, 0.15) is 69.8 Å².